The zero-order chi connectivity index (χ0) is 29.4. The highest BCUT2D eigenvalue weighted by Gasteiger charge is 2.48. The van der Waals surface area contributed by atoms with Crippen molar-refractivity contribution in [2.45, 2.75) is 67.8 Å². The van der Waals surface area contributed by atoms with Crippen molar-refractivity contribution in [3.63, 3.8) is 0 Å². The van der Waals surface area contributed by atoms with E-state index in [9.17, 15) is 4.79 Å². The Morgan fingerprint density at radius 3 is 2.17 bits per heavy atom. The van der Waals surface area contributed by atoms with E-state index in [4.69, 9.17) is 15.2 Å². The van der Waals surface area contributed by atoms with E-state index in [0.29, 0.717) is 54.9 Å². The number of hydrogen-bond acceptors (Lipinski definition) is 6. The number of piperidine rings is 1. The maximum Gasteiger partial charge on any atom is 0.298 e. The minimum atomic E-state index is -3.49. The summed E-state index contributed by atoms with van der Waals surface area (Å²) in [5, 5.41) is 0. The second-order valence-electron chi connectivity index (χ2n) is 11.2. The molecule has 1 saturated heterocycles. The van der Waals surface area contributed by atoms with Gasteiger partial charge in [0, 0.05) is 29.6 Å². The summed E-state index contributed by atoms with van der Waals surface area (Å²) in [7, 11) is 0. The fraction of sp³-hybridized carbons (Fsp3) is 0.424. The van der Waals surface area contributed by atoms with Gasteiger partial charge in [0.2, 0.25) is 5.91 Å². The summed E-state index contributed by atoms with van der Waals surface area (Å²) in [4.78, 5) is 15.7. The van der Waals surface area contributed by atoms with Crippen LogP contribution in [0.25, 0.3) is 0 Å². The number of alkyl halides is 2. The van der Waals surface area contributed by atoms with E-state index in [0.717, 1.165) is 17.7 Å². The normalized spacial score (nSPS) is 17.5. The number of ether oxygens (including phenoxy) is 2. The standard InChI is InChI=1S/C33H39F2N3O3S/c34-33(35,25-11-13-29(14-12-25)41-28-9-5-2-6-10-28)31(32(39)38-21-19-26(36)20-22-38)37-42-30-17-15-27(16-18-30)40-23-24-7-3-1-4-8-24/h2,5-6,9-18,24,26,31,37H,1,3-4,7-8,19-23,36H2. The predicted octanol–water partition coefficient (Wildman–Crippen LogP) is 7.15. The Kier molecular flexibility index (Phi) is 10.4. The fourth-order valence-electron chi connectivity index (χ4n) is 5.42. The quantitative estimate of drug-likeness (QED) is 0.230. The van der Waals surface area contributed by atoms with Gasteiger partial charge in [-0.05, 0) is 104 Å². The molecule has 9 heteroatoms. The third-order valence-electron chi connectivity index (χ3n) is 8.01. The molecule has 1 aliphatic carbocycles. The first kappa shape index (κ1) is 30.3. The van der Waals surface area contributed by atoms with Crippen LogP contribution in [-0.4, -0.2) is 42.6 Å². The zero-order valence-corrected chi connectivity index (χ0v) is 24.5. The van der Waals surface area contributed by atoms with Crippen LogP contribution in [0.4, 0.5) is 8.78 Å². The second kappa shape index (κ2) is 14.4. The van der Waals surface area contributed by atoms with Crippen LogP contribution in [0.5, 0.6) is 17.2 Å². The number of likely N-dealkylation sites (tertiary alicyclic amines) is 1. The summed E-state index contributed by atoms with van der Waals surface area (Å²) in [6.07, 6.45) is 7.40. The van der Waals surface area contributed by atoms with Crippen molar-refractivity contribution < 1.29 is 23.0 Å². The summed E-state index contributed by atoms with van der Waals surface area (Å²) >= 11 is 1.02. The largest absolute Gasteiger partial charge is 0.493 e. The van der Waals surface area contributed by atoms with Gasteiger partial charge in [0.05, 0.1) is 6.61 Å². The topological polar surface area (TPSA) is 76.8 Å². The van der Waals surface area contributed by atoms with Crippen LogP contribution in [0.3, 0.4) is 0 Å². The Hall–Kier alpha value is -3.14. The number of hydrogen-bond donors (Lipinski definition) is 2. The molecule has 0 bridgehead atoms. The van der Waals surface area contributed by atoms with E-state index in [1.807, 2.05) is 42.5 Å². The molecule has 0 aromatic heterocycles. The van der Waals surface area contributed by atoms with Gasteiger partial charge in [-0.3, -0.25) is 4.79 Å². The summed E-state index contributed by atoms with van der Waals surface area (Å²) in [6.45, 7) is 1.41. The van der Waals surface area contributed by atoms with Crippen molar-refractivity contribution in [2.75, 3.05) is 19.7 Å². The molecular formula is C33H39F2N3O3S. The Bertz CT molecular complexity index is 1260. The van der Waals surface area contributed by atoms with Gasteiger partial charge in [0.25, 0.3) is 5.92 Å². The monoisotopic (exact) mass is 595 g/mol. The summed E-state index contributed by atoms with van der Waals surface area (Å²) in [5.74, 6) is -1.75. The fourth-order valence-corrected chi connectivity index (χ4v) is 6.19. The lowest BCUT2D eigenvalue weighted by molar-refractivity contribution is -0.145. The molecule has 42 heavy (non-hydrogen) atoms. The van der Waals surface area contributed by atoms with Crippen LogP contribution >= 0.6 is 11.9 Å². The molecule has 3 N–H and O–H groups in total. The van der Waals surface area contributed by atoms with Gasteiger partial charge >= 0.3 is 0 Å². The number of amides is 1. The zero-order valence-electron chi connectivity index (χ0n) is 23.7. The number of carbonyl (C=O) groups is 1. The molecule has 2 fully saturated rings. The van der Waals surface area contributed by atoms with Gasteiger partial charge in [-0.2, -0.15) is 8.78 Å². The summed E-state index contributed by atoms with van der Waals surface area (Å²) in [5.41, 5.74) is 5.73. The first-order valence-electron chi connectivity index (χ1n) is 14.8. The molecule has 0 spiro atoms. The highest BCUT2D eigenvalue weighted by Crippen LogP contribution is 2.36. The predicted molar refractivity (Wildman–Crippen MR) is 162 cm³/mol. The molecule has 1 aliphatic heterocycles. The van der Waals surface area contributed by atoms with E-state index in [-0.39, 0.29) is 11.6 Å². The molecule has 2 aliphatic rings. The number of nitrogens with zero attached hydrogens (tertiary/aromatic N) is 1. The number of nitrogens with two attached hydrogens (primary N) is 1. The van der Waals surface area contributed by atoms with Gasteiger partial charge in [-0.1, -0.05) is 37.5 Å². The molecule has 3 aromatic carbocycles. The minimum absolute atomic E-state index is 0.0219. The first-order chi connectivity index (χ1) is 20.4. The van der Waals surface area contributed by atoms with Crippen LogP contribution in [0.2, 0.25) is 0 Å². The molecule has 6 nitrogen and oxygen atoms in total. The van der Waals surface area contributed by atoms with Crippen LogP contribution in [0.1, 0.15) is 50.5 Å². The maximum absolute atomic E-state index is 16.1. The Labute approximate surface area is 251 Å². The highest BCUT2D eigenvalue weighted by atomic mass is 32.2. The maximum atomic E-state index is 16.1. The third-order valence-corrected chi connectivity index (χ3v) is 8.87. The molecular weight excluding hydrogens is 556 g/mol. The van der Waals surface area contributed by atoms with E-state index >= 15 is 8.78 Å². The molecule has 224 valence electrons. The molecule has 5 rings (SSSR count). The average Bonchev–Trinajstić information content (AvgIpc) is 3.02. The van der Waals surface area contributed by atoms with E-state index in [1.165, 1.54) is 61.3 Å². The van der Waals surface area contributed by atoms with E-state index < -0.39 is 17.9 Å². The first-order valence-corrected chi connectivity index (χ1v) is 15.6. The lowest BCUT2D eigenvalue weighted by Crippen LogP contribution is -2.55. The number of carbonyl (C=O) groups excluding carboxylic acids is 1. The van der Waals surface area contributed by atoms with Crippen LogP contribution in [0, 0.1) is 5.92 Å². The molecule has 0 radical (unpaired) electrons. The highest BCUT2D eigenvalue weighted by molar-refractivity contribution is 7.97. The van der Waals surface area contributed by atoms with Crippen molar-refractivity contribution in [1.29, 1.82) is 0 Å². The van der Waals surface area contributed by atoms with Crippen molar-refractivity contribution in [2.24, 2.45) is 11.7 Å². The molecule has 3 aromatic rings. The van der Waals surface area contributed by atoms with E-state index in [2.05, 4.69) is 4.72 Å². The molecule has 1 atom stereocenters. The lowest BCUT2D eigenvalue weighted by atomic mass is 9.90. The Morgan fingerprint density at radius 2 is 1.50 bits per heavy atom. The molecule has 1 amide bonds. The average molecular weight is 596 g/mol. The lowest BCUT2D eigenvalue weighted by Gasteiger charge is -2.35. The summed E-state index contributed by atoms with van der Waals surface area (Å²) in [6, 6.07) is 20.3. The van der Waals surface area contributed by atoms with Crippen LogP contribution in [0.15, 0.2) is 83.8 Å². The van der Waals surface area contributed by atoms with Gasteiger partial charge in [0.15, 0.2) is 6.04 Å². The SMILES string of the molecule is NC1CCN(C(=O)C(NSc2ccc(OCC3CCCCC3)cc2)C(F)(F)c2ccc(Oc3ccccc3)cc2)CC1. The molecule has 1 unspecified atom stereocenters. The minimum Gasteiger partial charge on any atom is -0.493 e. The van der Waals surface area contributed by atoms with Gasteiger partial charge in [-0.15, -0.1) is 0 Å². The van der Waals surface area contributed by atoms with Crippen molar-refractivity contribution in [1.82, 2.24) is 9.62 Å². The van der Waals surface area contributed by atoms with E-state index in [1.54, 1.807) is 12.1 Å². The molecule has 1 saturated carbocycles. The molecule has 1 heterocycles. The number of benzene rings is 3. The number of para-hydroxylation sites is 1. The number of rotatable bonds is 11. The van der Waals surface area contributed by atoms with Gasteiger partial charge in [-0.25, -0.2) is 4.72 Å². The van der Waals surface area contributed by atoms with Gasteiger partial charge < -0.3 is 20.1 Å². The van der Waals surface area contributed by atoms with Crippen LogP contribution < -0.4 is 19.9 Å². The number of nitrogens with one attached hydrogen (secondary N) is 1. The third kappa shape index (κ3) is 8.02. The van der Waals surface area contributed by atoms with Crippen LogP contribution in [-0.2, 0) is 10.7 Å². The van der Waals surface area contributed by atoms with Crippen molar-refractivity contribution >= 4 is 17.9 Å². The van der Waals surface area contributed by atoms with Crippen molar-refractivity contribution in [3.8, 4) is 17.2 Å². The van der Waals surface area contributed by atoms with Crippen molar-refractivity contribution in [3.05, 3.63) is 84.4 Å². The smallest absolute Gasteiger partial charge is 0.298 e. The second-order valence-corrected chi connectivity index (χ2v) is 12.1. The Morgan fingerprint density at radius 1 is 0.881 bits per heavy atom. The number of halogens is 2. The summed E-state index contributed by atoms with van der Waals surface area (Å²) < 4.78 is 46.7. The Balaban J connectivity index is 1.27. The van der Waals surface area contributed by atoms with Gasteiger partial charge in [0.1, 0.15) is 17.2 Å².